The number of hydrogen-bond donors (Lipinski definition) is 1. The second-order valence-electron chi connectivity index (χ2n) is 9.04. The van der Waals surface area contributed by atoms with Crippen LogP contribution in [-0.4, -0.2) is 28.4 Å². The second-order valence-corrected chi connectivity index (χ2v) is 9.04. The van der Waals surface area contributed by atoms with Crippen LogP contribution >= 0.6 is 0 Å². The van der Waals surface area contributed by atoms with Crippen molar-refractivity contribution >= 4 is 12.0 Å². The zero-order valence-corrected chi connectivity index (χ0v) is 21.1. The Morgan fingerprint density at radius 3 is 2.22 bits per heavy atom. The quantitative estimate of drug-likeness (QED) is 0.368. The van der Waals surface area contributed by atoms with Crippen LogP contribution in [0.25, 0.3) is 11.1 Å². The van der Waals surface area contributed by atoms with Crippen LogP contribution < -0.4 is 10.4 Å². The summed E-state index contributed by atoms with van der Waals surface area (Å²) in [7, 11) is 0. The molecule has 0 saturated carbocycles. The first kappa shape index (κ1) is 25.6. The number of amides is 2. The minimum atomic E-state index is -1.24. The van der Waals surface area contributed by atoms with Gasteiger partial charge in [0.15, 0.2) is 0 Å². The average molecular weight is 493 g/mol. The molecule has 0 saturated heterocycles. The molecule has 0 bridgehead atoms. The molecule has 0 aliphatic heterocycles. The fraction of sp³-hybridized carbons (Fsp3) is 0.194. The molecule has 0 aliphatic rings. The Hall–Kier alpha value is -4.45. The predicted molar refractivity (Wildman–Crippen MR) is 143 cm³/mol. The van der Waals surface area contributed by atoms with E-state index < -0.39 is 6.09 Å². The van der Waals surface area contributed by atoms with Gasteiger partial charge in [0.25, 0.3) is 5.91 Å². The lowest BCUT2D eigenvalue weighted by atomic mass is 9.88. The SMILES string of the molecule is Cc1cccc(CN(Cc2ccccc2)C(=O)[O-])c1-c1c(C)cccc1C(=O)NCCc1ccccn1. The molecular weight excluding hydrogens is 462 g/mol. The standard InChI is InChI=1S/C31H31N3O3/c1-22-10-8-14-25(21-34(31(36)37)20-24-12-4-3-5-13-24)28(22)29-23(2)11-9-16-27(29)30(35)33-19-17-26-15-6-7-18-32-26/h3-16,18H,17,19-21H2,1-2H3,(H,33,35)(H,36,37)/p-1. The van der Waals surface area contributed by atoms with Crippen LogP contribution in [0.1, 0.15) is 38.3 Å². The molecule has 6 heteroatoms. The third kappa shape index (κ3) is 6.41. The van der Waals surface area contributed by atoms with E-state index in [2.05, 4.69) is 10.3 Å². The molecule has 0 unspecified atom stereocenters. The van der Waals surface area contributed by atoms with Gasteiger partial charge < -0.3 is 20.1 Å². The van der Waals surface area contributed by atoms with E-state index in [0.29, 0.717) is 18.5 Å². The summed E-state index contributed by atoms with van der Waals surface area (Å²) in [5, 5.41) is 15.1. The number of pyridine rings is 1. The summed E-state index contributed by atoms with van der Waals surface area (Å²) in [6, 6.07) is 26.6. The summed E-state index contributed by atoms with van der Waals surface area (Å²) in [5.74, 6) is -0.176. The highest BCUT2D eigenvalue weighted by atomic mass is 16.4. The molecule has 188 valence electrons. The van der Waals surface area contributed by atoms with E-state index in [-0.39, 0.29) is 19.0 Å². The number of benzene rings is 3. The number of nitrogens with one attached hydrogen (secondary N) is 1. The summed E-state index contributed by atoms with van der Waals surface area (Å²) in [5.41, 5.74) is 6.75. The number of aryl methyl sites for hydroxylation is 2. The van der Waals surface area contributed by atoms with E-state index >= 15 is 0 Å². The van der Waals surface area contributed by atoms with E-state index in [1.165, 1.54) is 4.90 Å². The first-order valence-electron chi connectivity index (χ1n) is 12.3. The zero-order valence-electron chi connectivity index (χ0n) is 21.1. The third-order valence-corrected chi connectivity index (χ3v) is 6.36. The molecule has 6 nitrogen and oxygen atoms in total. The third-order valence-electron chi connectivity index (χ3n) is 6.36. The monoisotopic (exact) mass is 492 g/mol. The van der Waals surface area contributed by atoms with Gasteiger partial charge in [0.05, 0.1) is 0 Å². The maximum atomic E-state index is 13.3. The van der Waals surface area contributed by atoms with Crippen molar-refractivity contribution in [2.75, 3.05) is 6.54 Å². The average Bonchev–Trinajstić information content (AvgIpc) is 2.90. The minimum Gasteiger partial charge on any atom is -0.530 e. The predicted octanol–water partition coefficient (Wildman–Crippen LogP) is 4.68. The maximum Gasteiger partial charge on any atom is 0.251 e. The number of carboxylic acid groups (broad SMARTS) is 1. The molecule has 0 radical (unpaired) electrons. The van der Waals surface area contributed by atoms with Crippen LogP contribution in [-0.2, 0) is 19.5 Å². The molecule has 0 spiro atoms. The highest BCUT2D eigenvalue weighted by Crippen LogP contribution is 2.34. The molecule has 2 amide bonds. The Morgan fingerprint density at radius 1 is 0.811 bits per heavy atom. The minimum absolute atomic E-state index is 0.142. The number of carbonyl (C=O) groups is 2. The van der Waals surface area contributed by atoms with Gasteiger partial charge in [-0.15, -0.1) is 0 Å². The van der Waals surface area contributed by atoms with Crippen LogP contribution in [0.4, 0.5) is 4.79 Å². The molecule has 0 aliphatic carbocycles. The van der Waals surface area contributed by atoms with Crippen molar-refractivity contribution in [3.8, 4) is 11.1 Å². The molecular formula is C31H30N3O3-. The van der Waals surface area contributed by atoms with Crippen LogP contribution in [0.15, 0.2) is 91.1 Å². The summed E-state index contributed by atoms with van der Waals surface area (Å²) in [4.78, 5) is 31.0. The fourth-order valence-corrected chi connectivity index (χ4v) is 4.55. The van der Waals surface area contributed by atoms with Crippen LogP contribution in [0.3, 0.4) is 0 Å². The Morgan fingerprint density at radius 2 is 1.51 bits per heavy atom. The fourth-order valence-electron chi connectivity index (χ4n) is 4.55. The van der Waals surface area contributed by atoms with Gasteiger partial charge in [-0.3, -0.25) is 9.78 Å². The zero-order chi connectivity index (χ0) is 26.2. The molecule has 1 aromatic heterocycles. The smallest absolute Gasteiger partial charge is 0.251 e. The molecule has 4 aromatic rings. The summed E-state index contributed by atoms with van der Waals surface area (Å²) in [6.45, 7) is 4.76. The van der Waals surface area contributed by atoms with Gasteiger partial charge in [-0.05, 0) is 65.4 Å². The first-order chi connectivity index (χ1) is 17.9. The number of nitrogens with zero attached hydrogens (tertiary/aromatic N) is 2. The van der Waals surface area contributed by atoms with E-state index in [1.807, 2.05) is 98.8 Å². The van der Waals surface area contributed by atoms with Crippen LogP contribution in [0.5, 0.6) is 0 Å². The van der Waals surface area contributed by atoms with Crippen molar-refractivity contribution in [1.82, 2.24) is 15.2 Å². The molecule has 3 aromatic carbocycles. The van der Waals surface area contributed by atoms with Gasteiger partial charge in [0.1, 0.15) is 6.09 Å². The Bertz CT molecular complexity index is 1370. The number of hydrogen-bond acceptors (Lipinski definition) is 4. The van der Waals surface area contributed by atoms with E-state index in [0.717, 1.165) is 39.1 Å². The molecule has 37 heavy (non-hydrogen) atoms. The normalized spacial score (nSPS) is 10.6. The van der Waals surface area contributed by atoms with Gasteiger partial charge in [-0.25, -0.2) is 0 Å². The Kier molecular flexibility index (Phi) is 8.31. The largest absolute Gasteiger partial charge is 0.530 e. The Labute approximate surface area is 217 Å². The number of carbonyl (C=O) groups excluding carboxylic acids is 2. The van der Waals surface area contributed by atoms with Crippen molar-refractivity contribution in [2.24, 2.45) is 0 Å². The summed E-state index contributed by atoms with van der Waals surface area (Å²) < 4.78 is 0. The summed E-state index contributed by atoms with van der Waals surface area (Å²) in [6.07, 6.45) is 1.13. The Balaban J connectivity index is 1.64. The molecule has 4 rings (SSSR count). The van der Waals surface area contributed by atoms with Gasteiger partial charge in [-0.2, -0.15) is 0 Å². The number of rotatable bonds is 9. The van der Waals surface area contributed by atoms with Crippen molar-refractivity contribution in [3.05, 3.63) is 125 Å². The number of aromatic nitrogens is 1. The van der Waals surface area contributed by atoms with Crippen molar-refractivity contribution < 1.29 is 14.7 Å². The first-order valence-corrected chi connectivity index (χ1v) is 12.3. The van der Waals surface area contributed by atoms with Crippen LogP contribution in [0.2, 0.25) is 0 Å². The van der Waals surface area contributed by atoms with Crippen LogP contribution in [0, 0.1) is 13.8 Å². The van der Waals surface area contributed by atoms with E-state index in [4.69, 9.17) is 0 Å². The topological polar surface area (TPSA) is 85.4 Å². The van der Waals surface area contributed by atoms with Gasteiger partial charge in [0, 0.05) is 43.5 Å². The van der Waals surface area contributed by atoms with Crippen molar-refractivity contribution in [1.29, 1.82) is 0 Å². The summed E-state index contributed by atoms with van der Waals surface area (Å²) >= 11 is 0. The lowest BCUT2D eigenvalue weighted by molar-refractivity contribution is -0.267. The lowest BCUT2D eigenvalue weighted by Gasteiger charge is -2.27. The van der Waals surface area contributed by atoms with Gasteiger partial charge in [0.2, 0.25) is 0 Å². The highest BCUT2D eigenvalue weighted by Gasteiger charge is 2.20. The van der Waals surface area contributed by atoms with Gasteiger partial charge in [-0.1, -0.05) is 66.7 Å². The second kappa shape index (κ2) is 12.0. The van der Waals surface area contributed by atoms with Crippen molar-refractivity contribution in [2.45, 2.75) is 33.4 Å². The molecule has 1 heterocycles. The molecule has 1 N–H and O–H groups in total. The van der Waals surface area contributed by atoms with E-state index in [9.17, 15) is 14.7 Å². The molecule has 0 atom stereocenters. The van der Waals surface area contributed by atoms with Crippen molar-refractivity contribution in [3.63, 3.8) is 0 Å². The van der Waals surface area contributed by atoms with E-state index in [1.54, 1.807) is 6.20 Å². The van der Waals surface area contributed by atoms with Gasteiger partial charge >= 0.3 is 0 Å². The maximum absolute atomic E-state index is 13.3. The molecule has 0 fully saturated rings. The lowest BCUT2D eigenvalue weighted by Crippen LogP contribution is -2.40. The highest BCUT2D eigenvalue weighted by molar-refractivity contribution is 6.02.